The lowest BCUT2D eigenvalue weighted by atomic mass is 9.70. The lowest BCUT2D eigenvalue weighted by Gasteiger charge is -2.39. The lowest BCUT2D eigenvalue weighted by Crippen LogP contribution is -2.43. The molecule has 0 saturated heterocycles. The maximum Gasteiger partial charge on any atom is 0.306 e. The summed E-state index contributed by atoms with van der Waals surface area (Å²) in [5.41, 5.74) is 0.798. The monoisotopic (exact) mass is 454 g/mol. The molecular weight excluding hydrogens is 420 g/mol. The average molecular weight is 455 g/mol. The molecule has 0 unspecified atom stereocenters. The number of esters is 1. The number of fused-ring (bicyclic) bond motifs is 2. The van der Waals surface area contributed by atoms with Gasteiger partial charge in [-0.05, 0) is 47.8 Å². The molecule has 5 atom stereocenters. The van der Waals surface area contributed by atoms with Crippen molar-refractivity contribution in [3.8, 4) is 0 Å². The van der Waals surface area contributed by atoms with Crippen LogP contribution in [0.1, 0.15) is 58.4 Å². The Labute approximate surface area is 192 Å². The van der Waals surface area contributed by atoms with Crippen molar-refractivity contribution < 1.29 is 17.9 Å². The van der Waals surface area contributed by atoms with Crippen molar-refractivity contribution in [1.29, 1.82) is 0 Å². The zero-order valence-electron chi connectivity index (χ0n) is 19.5. The zero-order valence-corrected chi connectivity index (χ0v) is 20.3. The van der Waals surface area contributed by atoms with Gasteiger partial charge in [0.25, 0.3) is 0 Å². The highest BCUT2D eigenvalue weighted by Gasteiger charge is 2.68. The summed E-state index contributed by atoms with van der Waals surface area (Å²) in [5.74, 6) is -0.139. The number of hydrogen-bond donors (Lipinski definition) is 0. The third kappa shape index (κ3) is 3.89. The molecule has 0 aromatic heterocycles. The van der Waals surface area contributed by atoms with E-state index in [-0.39, 0.29) is 46.4 Å². The first-order valence-corrected chi connectivity index (χ1v) is 13.2. The normalized spacial score (nSPS) is 29.6. The molecule has 0 spiro atoms. The van der Waals surface area contributed by atoms with Gasteiger partial charge in [-0.1, -0.05) is 76.2 Å². The van der Waals surface area contributed by atoms with Crippen LogP contribution >= 0.6 is 0 Å². The van der Waals surface area contributed by atoms with Crippen LogP contribution in [0.15, 0.2) is 65.6 Å². The Balaban J connectivity index is 1.56. The standard InChI is InChI=1S/C27H34O4S/c1-19(20-11-7-5-8-12-20)17-24(28)31-25-22(23-15-16-27(25,4)26(23,2)3)18-32(29,30)21-13-9-6-10-14-21/h5-14,19,22-23,25H,15-18H2,1-4H3/t19-,22+,23-,25+,27+/m1/s1. The minimum absolute atomic E-state index is 0.0207. The summed E-state index contributed by atoms with van der Waals surface area (Å²) in [4.78, 5) is 13.4. The maximum absolute atomic E-state index is 13.2. The summed E-state index contributed by atoms with van der Waals surface area (Å²) in [6, 6.07) is 18.6. The van der Waals surface area contributed by atoms with Crippen LogP contribution < -0.4 is 0 Å². The molecule has 0 aliphatic heterocycles. The van der Waals surface area contributed by atoms with E-state index in [1.54, 1.807) is 24.3 Å². The first kappa shape index (κ1) is 23.0. The number of carbonyl (C=O) groups excluding carboxylic acids is 1. The van der Waals surface area contributed by atoms with Gasteiger partial charge < -0.3 is 4.74 Å². The Hall–Kier alpha value is -2.14. The average Bonchev–Trinajstić information content (AvgIpc) is 3.08. The van der Waals surface area contributed by atoms with Crippen LogP contribution in [-0.4, -0.2) is 26.2 Å². The van der Waals surface area contributed by atoms with E-state index in [4.69, 9.17) is 4.74 Å². The van der Waals surface area contributed by atoms with Crippen LogP contribution in [0.5, 0.6) is 0 Å². The SMILES string of the molecule is C[C@H](CC(=O)O[C@H]1[C@@H](CS(=O)(=O)c2ccccc2)[C@H]2CC[C@]1(C)C2(C)C)c1ccccc1. The predicted molar refractivity (Wildman–Crippen MR) is 126 cm³/mol. The Morgan fingerprint density at radius 1 is 1.03 bits per heavy atom. The van der Waals surface area contributed by atoms with Gasteiger partial charge >= 0.3 is 5.97 Å². The van der Waals surface area contributed by atoms with Crippen LogP contribution in [0.3, 0.4) is 0 Å². The predicted octanol–water partition coefficient (Wildman–Crippen LogP) is 5.64. The highest BCUT2D eigenvalue weighted by molar-refractivity contribution is 7.91. The largest absolute Gasteiger partial charge is 0.461 e. The van der Waals surface area contributed by atoms with Crippen LogP contribution in [0.2, 0.25) is 0 Å². The Morgan fingerprint density at radius 3 is 2.25 bits per heavy atom. The second kappa shape index (κ2) is 8.33. The summed E-state index contributed by atoms with van der Waals surface area (Å²) in [6.07, 6.45) is 1.84. The number of rotatable bonds is 7. The molecule has 0 radical (unpaired) electrons. The lowest BCUT2D eigenvalue weighted by molar-refractivity contribution is -0.160. The van der Waals surface area contributed by atoms with Crippen LogP contribution in [0, 0.1) is 22.7 Å². The van der Waals surface area contributed by atoms with Gasteiger partial charge in [-0.3, -0.25) is 4.79 Å². The molecule has 172 valence electrons. The summed E-state index contributed by atoms with van der Waals surface area (Å²) < 4.78 is 32.6. The van der Waals surface area contributed by atoms with Gasteiger partial charge in [-0.25, -0.2) is 8.42 Å². The molecule has 2 fully saturated rings. The third-order valence-corrected chi connectivity index (χ3v) is 10.3. The number of sulfone groups is 1. The van der Waals surface area contributed by atoms with Gasteiger partial charge in [-0.2, -0.15) is 0 Å². The van der Waals surface area contributed by atoms with Crippen molar-refractivity contribution in [3.63, 3.8) is 0 Å². The van der Waals surface area contributed by atoms with Crippen LogP contribution in [-0.2, 0) is 19.4 Å². The highest BCUT2D eigenvalue weighted by Crippen LogP contribution is 2.68. The molecule has 2 aliphatic carbocycles. The van der Waals surface area contributed by atoms with Crippen molar-refractivity contribution in [1.82, 2.24) is 0 Å². The first-order valence-electron chi connectivity index (χ1n) is 11.6. The quantitative estimate of drug-likeness (QED) is 0.508. The summed E-state index contributed by atoms with van der Waals surface area (Å²) in [6.45, 7) is 8.64. The third-order valence-electron chi connectivity index (χ3n) is 8.52. The first-order chi connectivity index (χ1) is 15.1. The summed E-state index contributed by atoms with van der Waals surface area (Å²) in [5, 5.41) is 0. The van der Waals surface area contributed by atoms with Crippen molar-refractivity contribution in [2.75, 3.05) is 5.75 Å². The molecule has 2 aromatic carbocycles. The molecular formula is C27H34O4S. The molecule has 5 heteroatoms. The van der Waals surface area contributed by atoms with Gasteiger partial charge in [0, 0.05) is 11.3 Å². The summed E-state index contributed by atoms with van der Waals surface area (Å²) >= 11 is 0. The summed E-state index contributed by atoms with van der Waals surface area (Å²) in [7, 11) is -3.47. The van der Waals surface area contributed by atoms with Crippen molar-refractivity contribution >= 4 is 15.8 Å². The fourth-order valence-electron chi connectivity index (χ4n) is 6.24. The number of carbonyl (C=O) groups is 1. The van der Waals surface area contributed by atoms with Gasteiger partial charge in [0.1, 0.15) is 6.10 Å². The molecule has 2 aliphatic rings. The van der Waals surface area contributed by atoms with Gasteiger partial charge in [0.05, 0.1) is 17.1 Å². The van der Waals surface area contributed by atoms with Crippen LogP contribution in [0.4, 0.5) is 0 Å². The Bertz CT molecular complexity index is 1060. The number of ether oxygens (including phenoxy) is 1. The van der Waals surface area contributed by atoms with E-state index in [0.717, 1.165) is 18.4 Å². The fraction of sp³-hybridized carbons (Fsp3) is 0.519. The van der Waals surface area contributed by atoms with Gasteiger partial charge in [-0.15, -0.1) is 0 Å². The maximum atomic E-state index is 13.2. The number of benzene rings is 2. The van der Waals surface area contributed by atoms with Crippen LogP contribution in [0.25, 0.3) is 0 Å². The van der Waals surface area contributed by atoms with E-state index in [9.17, 15) is 13.2 Å². The number of hydrogen-bond acceptors (Lipinski definition) is 4. The van der Waals surface area contributed by atoms with E-state index in [1.165, 1.54) is 0 Å². The highest BCUT2D eigenvalue weighted by atomic mass is 32.2. The second-order valence-corrected chi connectivity index (χ2v) is 12.5. The minimum atomic E-state index is -3.47. The topological polar surface area (TPSA) is 60.4 Å². The Kier molecular flexibility index (Phi) is 6.00. The molecule has 4 rings (SSSR count). The van der Waals surface area contributed by atoms with Crippen molar-refractivity contribution in [2.24, 2.45) is 22.7 Å². The zero-order chi connectivity index (χ0) is 23.1. The van der Waals surface area contributed by atoms with Crippen molar-refractivity contribution in [2.45, 2.75) is 63.9 Å². The van der Waals surface area contributed by atoms with Crippen molar-refractivity contribution in [3.05, 3.63) is 66.2 Å². The second-order valence-electron chi connectivity index (χ2n) is 10.5. The fourth-order valence-corrected chi connectivity index (χ4v) is 7.92. The van der Waals surface area contributed by atoms with E-state index < -0.39 is 9.84 Å². The molecule has 2 bridgehead atoms. The smallest absolute Gasteiger partial charge is 0.306 e. The molecule has 0 heterocycles. The Morgan fingerprint density at radius 2 is 1.62 bits per heavy atom. The van der Waals surface area contributed by atoms with Gasteiger partial charge in [0.15, 0.2) is 9.84 Å². The molecule has 0 N–H and O–H groups in total. The molecule has 2 aromatic rings. The van der Waals surface area contributed by atoms with E-state index in [2.05, 4.69) is 20.8 Å². The molecule has 32 heavy (non-hydrogen) atoms. The molecule has 2 saturated carbocycles. The minimum Gasteiger partial charge on any atom is -0.461 e. The van der Waals surface area contributed by atoms with E-state index in [1.807, 2.05) is 43.3 Å². The molecule has 0 amide bonds. The molecule has 4 nitrogen and oxygen atoms in total. The van der Waals surface area contributed by atoms with E-state index >= 15 is 0 Å². The van der Waals surface area contributed by atoms with Gasteiger partial charge in [0.2, 0.25) is 0 Å². The van der Waals surface area contributed by atoms with E-state index in [0.29, 0.717) is 11.3 Å².